The highest BCUT2D eigenvalue weighted by molar-refractivity contribution is 8.14. The summed E-state index contributed by atoms with van der Waals surface area (Å²) in [4.78, 5) is 61.8. The summed E-state index contributed by atoms with van der Waals surface area (Å²) in [6.07, 6.45) is 3.33. The molecule has 0 radical (unpaired) electrons. The van der Waals surface area contributed by atoms with Crippen molar-refractivity contribution in [3.8, 4) is 11.6 Å². The monoisotopic (exact) mass is 611 g/mol. The number of aromatic amines is 1. The number of unbranched alkanes of at least 4 members (excludes halogenated alkanes) is 1. The second-order valence-electron chi connectivity index (χ2n) is 9.13. The average Bonchev–Trinajstić information content (AvgIpc) is 3.21. The number of rotatable bonds is 18. The molecule has 1 aromatic carbocycles. The van der Waals surface area contributed by atoms with Crippen molar-refractivity contribution in [3.05, 3.63) is 44.4 Å². The number of amides is 1. The minimum absolute atomic E-state index is 0.00187. The van der Waals surface area contributed by atoms with Gasteiger partial charge in [0.25, 0.3) is 0 Å². The molecular weight excluding hydrogens is 577 g/mol. The van der Waals surface area contributed by atoms with Gasteiger partial charge in [0.1, 0.15) is 12.4 Å². The summed E-state index contributed by atoms with van der Waals surface area (Å²) < 4.78 is 5.75. The number of carbonyl (C=O) groups excluding carboxylic acids is 4. The minimum atomic E-state index is -1.24. The number of hydrogen-bond acceptors (Lipinski definition) is 11. The van der Waals surface area contributed by atoms with Gasteiger partial charge in [0.15, 0.2) is 10.2 Å². The van der Waals surface area contributed by atoms with Crippen LogP contribution in [-0.4, -0.2) is 68.3 Å². The van der Waals surface area contributed by atoms with Crippen LogP contribution in [0, 0.1) is 0 Å². The van der Waals surface area contributed by atoms with Crippen molar-refractivity contribution >= 4 is 57.0 Å². The largest absolute Gasteiger partial charge is 0.550 e. The summed E-state index contributed by atoms with van der Waals surface area (Å²) in [6.45, 7) is 2.26. The predicted octanol–water partition coefficient (Wildman–Crippen LogP) is 2.96. The molecule has 0 saturated carbocycles. The zero-order chi connectivity index (χ0) is 29.5. The zero-order valence-electron chi connectivity index (χ0n) is 22.6. The van der Waals surface area contributed by atoms with Gasteiger partial charge < -0.3 is 24.6 Å². The van der Waals surface area contributed by atoms with Crippen LogP contribution in [0.5, 0.6) is 11.6 Å². The van der Waals surface area contributed by atoms with Gasteiger partial charge >= 0.3 is 4.87 Å². The van der Waals surface area contributed by atoms with Gasteiger partial charge in [0.2, 0.25) is 11.8 Å². The van der Waals surface area contributed by atoms with Crippen LogP contribution in [0.2, 0.25) is 0 Å². The topological polar surface area (TPSA) is 157 Å². The van der Waals surface area contributed by atoms with Gasteiger partial charge in [-0.05, 0) is 43.4 Å². The lowest BCUT2D eigenvalue weighted by Crippen LogP contribution is -2.30. The van der Waals surface area contributed by atoms with Crippen LogP contribution in [0.15, 0.2) is 29.1 Å². The molecule has 220 valence electrons. The Labute approximate surface area is 245 Å². The number of nitrogens with one attached hydrogen (secondary N) is 1. The van der Waals surface area contributed by atoms with E-state index < -0.39 is 5.97 Å². The van der Waals surface area contributed by atoms with Gasteiger partial charge in [-0.1, -0.05) is 53.4 Å². The molecule has 1 aromatic heterocycles. The molecule has 0 spiro atoms. The Kier molecular flexibility index (Phi) is 14.9. The van der Waals surface area contributed by atoms with Crippen molar-refractivity contribution < 1.29 is 34.1 Å². The zero-order valence-corrected chi connectivity index (χ0v) is 25.1. The molecule has 10 nitrogen and oxygen atoms in total. The number of aromatic nitrogens is 1. The van der Waals surface area contributed by atoms with Gasteiger partial charge in [-0.2, -0.15) is 0 Å². The molecule has 1 atom stereocenters. The average molecular weight is 612 g/mol. The Morgan fingerprint density at radius 2 is 1.82 bits per heavy atom. The third-order valence-corrected chi connectivity index (χ3v) is 8.82. The number of thioether (sulfide) groups is 2. The molecule has 2 aromatic rings. The molecule has 2 N–H and O–H groups in total. The number of carboxylic acid groups (broad SMARTS) is 1. The van der Waals surface area contributed by atoms with Crippen molar-refractivity contribution in [2.45, 2.75) is 63.5 Å². The molecule has 0 saturated heterocycles. The highest BCUT2D eigenvalue weighted by atomic mass is 32.2. The van der Waals surface area contributed by atoms with Crippen molar-refractivity contribution in [1.82, 2.24) is 9.88 Å². The first-order chi connectivity index (χ1) is 19.0. The van der Waals surface area contributed by atoms with Crippen molar-refractivity contribution in [3.63, 3.8) is 0 Å². The summed E-state index contributed by atoms with van der Waals surface area (Å²) >= 11 is 3.30. The van der Waals surface area contributed by atoms with Gasteiger partial charge in [0, 0.05) is 50.2 Å². The number of carboxylic acids is 1. The van der Waals surface area contributed by atoms with E-state index in [1.165, 1.54) is 18.7 Å². The SMILES string of the molecule is CC(=O)SC(CCCCC(=O)N(C)CCOc1ccc(Cc2sc(=O)[nH]c2O)cc1)CCSC(=O)CCC(=O)[O-]. The quantitative estimate of drug-likeness (QED) is 0.240. The molecule has 40 heavy (non-hydrogen) atoms. The van der Waals surface area contributed by atoms with Crippen molar-refractivity contribution in [1.29, 1.82) is 0 Å². The molecule has 2 rings (SSSR count). The summed E-state index contributed by atoms with van der Waals surface area (Å²) in [6, 6.07) is 7.33. The Morgan fingerprint density at radius 1 is 1.10 bits per heavy atom. The van der Waals surface area contributed by atoms with Gasteiger partial charge in [0.05, 0.1) is 11.4 Å². The number of nitrogens with zero attached hydrogens (tertiary/aromatic N) is 1. The van der Waals surface area contributed by atoms with Crippen LogP contribution in [0.4, 0.5) is 0 Å². The maximum atomic E-state index is 12.5. The summed E-state index contributed by atoms with van der Waals surface area (Å²) in [5, 5.41) is 20.0. The molecule has 1 heterocycles. The van der Waals surface area contributed by atoms with E-state index in [0.717, 1.165) is 41.5 Å². The fourth-order valence-corrected chi connectivity index (χ4v) is 6.48. The number of thiazole rings is 1. The van der Waals surface area contributed by atoms with E-state index in [1.807, 2.05) is 12.1 Å². The molecule has 0 aliphatic rings. The Morgan fingerprint density at radius 3 is 2.45 bits per heavy atom. The molecule has 0 aliphatic heterocycles. The van der Waals surface area contributed by atoms with E-state index in [0.29, 0.717) is 55.2 Å². The van der Waals surface area contributed by atoms with E-state index in [-0.39, 0.29) is 45.0 Å². The minimum Gasteiger partial charge on any atom is -0.550 e. The number of ether oxygens (including phenoxy) is 1. The number of likely N-dealkylation sites (N-methyl/N-ethyl adjacent to an activating group) is 1. The Bertz CT molecular complexity index is 1180. The number of hydrogen-bond donors (Lipinski definition) is 2. The lowest BCUT2D eigenvalue weighted by atomic mass is 10.1. The summed E-state index contributed by atoms with van der Waals surface area (Å²) in [5.74, 6) is -0.167. The van der Waals surface area contributed by atoms with Gasteiger partial charge in [-0.15, -0.1) is 0 Å². The second-order valence-corrected chi connectivity index (χ2v) is 12.8. The molecule has 1 unspecified atom stereocenters. The standard InChI is InChI=1S/C27H36N2O8S3/c1-18(30)39-21(13-16-38-25(34)12-11-24(32)33)5-3-4-6-23(31)29(2)14-15-37-20-9-7-19(8-10-20)17-22-26(35)28-27(36)40-22/h7-10,21,35H,3-6,11-17H2,1-2H3,(H,28,36)(H,32,33)/p-1. The number of aliphatic carboxylic acids is 1. The van der Waals surface area contributed by atoms with Gasteiger partial charge in [-0.3, -0.25) is 24.2 Å². The first-order valence-electron chi connectivity index (χ1n) is 12.9. The number of H-pyrrole nitrogens is 1. The number of aromatic hydroxyl groups is 1. The van der Waals surface area contributed by atoms with E-state index >= 15 is 0 Å². The molecule has 0 bridgehead atoms. The van der Waals surface area contributed by atoms with Crippen LogP contribution < -0.4 is 14.7 Å². The van der Waals surface area contributed by atoms with E-state index in [4.69, 9.17) is 4.74 Å². The van der Waals surface area contributed by atoms with Crippen LogP contribution in [0.25, 0.3) is 0 Å². The molecular formula is C27H35N2O8S3-. The van der Waals surface area contributed by atoms with E-state index in [9.17, 15) is 34.2 Å². The van der Waals surface area contributed by atoms with E-state index in [2.05, 4.69) is 4.98 Å². The van der Waals surface area contributed by atoms with E-state index in [1.54, 1.807) is 24.1 Å². The number of benzene rings is 1. The fraction of sp³-hybridized carbons (Fsp3) is 0.519. The van der Waals surface area contributed by atoms with Gasteiger partial charge in [-0.25, -0.2) is 0 Å². The second kappa shape index (κ2) is 17.8. The smallest absolute Gasteiger partial charge is 0.307 e. The Hall–Kier alpha value is -2.77. The third kappa shape index (κ3) is 13.5. The lowest BCUT2D eigenvalue weighted by molar-refractivity contribution is -0.305. The normalized spacial score (nSPS) is 11.7. The summed E-state index contributed by atoms with van der Waals surface area (Å²) in [7, 11) is 1.73. The maximum absolute atomic E-state index is 12.5. The molecule has 1 amide bonds. The summed E-state index contributed by atoms with van der Waals surface area (Å²) in [5.41, 5.74) is 0.926. The molecule has 0 fully saturated rings. The fourth-order valence-electron chi connectivity index (χ4n) is 3.70. The lowest BCUT2D eigenvalue weighted by Gasteiger charge is -2.18. The molecule has 13 heteroatoms. The first-order valence-corrected chi connectivity index (χ1v) is 15.6. The van der Waals surface area contributed by atoms with Crippen LogP contribution >= 0.6 is 34.9 Å². The van der Waals surface area contributed by atoms with Crippen molar-refractivity contribution in [2.24, 2.45) is 0 Å². The van der Waals surface area contributed by atoms with Crippen LogP contribution in [0.3, 0.4) is 0 Å². The highest BCUT2D eigenvalue weighted by Crippen LogP contribution is 2.25. The number of carbonyl (C=O) groups is 4. The maximum Gasteiger partial charge on any atom is 0.307 e. The highest BCUT2D eigenvalue weighted by Gasteiger charge is 2.15. The first kappa shape index (κ1) is 33.4. The van der Waals surface area contributed by atoms with Crippen molar-refractivity contribution in [2.75, 3.05) is 26.0 Å². The predicted molar refractivity (Wildman–Crippen MR) is 156 cm³/mol. The third-order valence-electron chi connectivity index (χ3n) is 5.85. The molecule has 0 aliphatic carbocycles. The van der Waals surface area contributed by atoms with Crippen LogP contribution in [-0.2, 0) is 25.6 Å². The van der Waals surface area contributed by atoms with Crippen LogP contribution in [0.1, 0.15) is 62.3 Å². The Balaban J connectivity index is 1.64.